The largest absolute Gasteiger partial charge is 0.284 e. The molecular formula is C11H7N5O. The maximum Gasteiger partial charge on any atom is 0.284 e. The zero-order valence-corrected chi connectivity index (χ0v) is 8.95. The molecule has 0 saturated carbocycles. The van der Waals surface area contributed by atoms with Crippen molar-refractivity contribution in [3.63, 3.8) is 0 Å². The lowest BCUT2D eigenvalue weighted by molar-refractivity contribution is -0.113. The first-order valence-electron chi connectivity index (χ1n) is 5.01. The molecule has 0 spiro atoms. The van der Waals surface area contributed by atoms with Crippen molar-refractivity contribution in [2.24, 2.45) is 20.2 Å². The minimum Gasteiger partial charge on any atom is -0.266 e. The number of rotatable bonds is 1. The maximum absolute atomic E-state index is 11.8. The molecule has 0 aromatic carbocycles. The molecule has 2 aliphatic rings. The first-order valence-corrected chi connectivity index (χ1v) is 5.01. The molecule has 0 aliphatic carbocycles. The monoisotopic (exact) mass is 225 g/mol. The first-order chi connectivity index (χ1) is 8.25. The summed E-state index contributed by atoms with van der Waals surface area (Å²) in [5.74, 6) is 0.350. The number of azo groups is 1. The fourth-order valence-electron chi connectivity index (χ4n) is 1.62. The predicted octanol–water partition coefficient (Wildman–Crippen LogP) is 1.51. The zero-order valence-electron chi connectivity index (χ0n) is 8.95. The van der Waals surface area contributed by atoms with Crippen molar-refractivity contribution < 1.29 is 4.79 Å². The lowest BCUT2D eigenvalue weighted by atomic mass is 10.1. The smallest absolute Gasteiger partial charge is 0.266 e. The molecule has 82 valence electrons. The van der Waals surface area contributed by atoms with Gasteiger partial charge in [-0.1, -0.05) is 0 Å². The van der Waals surface area contributed by atoms with E-state index in [0.717, 1.165) is 5.56 Å². The van der Waals surface area contributed by atoms with Gasteiger partial charge in [0, 0.05) is 18.0 Å². The third-order valence-electron chi connectivity index (χ3n) is 2.45. The maximum atomic E-state index is 11.8. The van der Waals surface area contributed by atoms with Crippen LogP contribution < -0.4 is 0 Å². The van der Waals surface area contributed by atoms with Crippen LogP contribution in [0.1, 0.15) is 12.5 Å². The van der Waals surface area contributed by atoms with Crippen molar-refractivity contribution in [2.45, 2.75) is 6.92 Å². The first kappa shape index (κ1) is 9.71. The van der Waals surface area contributed by atoms with Gasteiger partial charge >= 0.3 is 0 Å². The Morgan fingerprint density at radius 1 is 1.00 bits per heavy atom. The quantitative estimate of drug-likeness (QED) is 0.725. The number of amidine groups is 2. The number of hydrogen-bond donors (Lipinski definition) is 0. The van der Waals surface area contributed by atoms with Crippen molar-refractivity contribution in [3.05, 3.63) is 41.4 Å². The summed E-state index contributed by atoms with van der Waals surface area (Å²) in [6, 6.07) is 3.48. The Labute approximate surface area is 96.5 Å². The van der Waals surface area contributed by atoms with Crippen LogP contribution in [0.3, 0.4) is 0 Å². The fraction of sp³-hybridized carbons (Fsp3) is 0.0909. The Balaban J connectivity index is 2.10. The van der Waals surface area contributed by atoms with Crippen LogP contribution in [0, 0.1) is 0 Å². The third-order valence-corrected chi connectivity index (χ3v) is 2.45. The van der Waals surface area contributed by atoms with Crippen molar-refractivity contribution in [3.8, 4) is 0 Å². The number of nitrogens with zero attached hydrogens (tertiary/aromatic N) is 5. The molecule has 0 radical (unpaired) electrons. The van der Waals surface area contributed by atoms with E-state index < -0.39 is 0 Å². The molecule has 6 nitrogen and oxygen atoms in total. The van der Waals surface area contributed by atoms with Gasteiger partial charge in [-0.2, -0.15) is 10.1 Å². The second kappa shape index (κ2) is 3.51. The number of aliphatic imine (C=N–C) groups is 2. The number of allylic oxidation sites excluding steroid dienone is 1. The molecule has 0 saturated heterocycles. The summed E-state index contributed by atoms with van der Waals surface area (Å²) in [5.41, 5.74) is 1.69. The average Bonchev–Trinajstić information content (AvgIpc) is 2.73. The van der Waals surface area contributed by atoms with Crippen molar-refractivity contribution in [1.29, 1.82) is 0 Å². The average molecular weight is 225 g/mol. The van der Waals surface area contributed by atoms with E-state index in [-0.39, 0.29) is 5.91 Å². The second-order valence-corrected chi connectivity index (χ2v) is 3.57. The Hall–Kier alpha value is -2.50. The van der Waals surface area contributed by atoms with E-state index in [1.54, 1.807) is 31.5 Å². The molecule has 3 heterocycles. The number of pyridine rings is 1. The summed E-state index contributed by atoms with van der Waals surface area (Å²) < 4.78 is 0. The van der Waals surface area contributed by atoms with Gasteiger partial charge in [-0.15, -0.1) is 5.11 Å². The normalized spacial score (nSPS) is 18.1. The van der Waals surface area contributed by atoms with Crippen molar-refractivity contribution in [1.82, 2.24) is 4.98 Å². The van der Waals surface area contributed by atoms with Gasteiger partial charge < -0.3 is 0 Å². The van der Waals surface area contributed by atoms with E-state index in [1.165, 1.54) is 0 Å². The number of carbonyl (C=O) groups is 1. The molecule has 0 bridgehead atoms. The number of aromatic nitrogens is 1. The molecule has 0 fully saturated rings. The van der Waals surface area contributed by atoms with E-state index in [4.69, 9.17) is 0 Å². The van der Waals surface area contributed by atoms with Crippen LogP contribution in [-0.4, -0.2) is 22.6 Å². The van der Waals surface area contributed by atoms with Crippen LogP contribution in [-0.2, 0) is 4.79 Å². The highest BCUT2D eigenvalue weighted by atomic mass is 16.1. The van der Waals surface area contributed by atoms with Crippen LogP contribution in [0.25, 0.3) is 0 Å². The number of amides is 1. The highest BCUT2D eigenvalue weighted by Gasteiger charge is 2.28. The van der Waals surface area contributed by atoms with Gasteiger partial charge in [0.15, 0.2) is 11.7 Å². The molecule has 2 aliphatic heterocycles. The molecule has 0 atom stereocenters. The second-order valence-electron chi connectivity index (χ2n) is 3.57. The number of carbonyl (C=O) groups excluding carboxylic acids is 1. The van der Waals surface area contributed by atoms with Gasteiger partial charge in [-0.3, -0.25) is 9.78 Å². The van der Waals surface area contributed by atoms with Gasteiger partial charge in [-0.25, -0.2) is 4.99 Å². The molecule has 1 aromatic rings. The minimum absolute atomic E-state index is 0.342. The highest BCUT2D eigenvalue weighted by molar-refractivity contribution is 6.31. The number of fused-ring (bicyclic) bond motifs is 1. The molecular weight excluding hydrogens is 218 g/mol. The van der Waals surface area contributed by atoms with Crippen LogP contribution in [0.4, 0.5) is 0 Å². The topological polar surface area (TPSA) is 79.4 Å². The summed E-state index contributed by atoms with van der Waals surface area (Å²) in [7, 11) is 0. The van der Waals surface area contributed by atoms with Gasteiger partial charge in [0.05, 0.1) is 5.70 Å². The van der Waals surface area contributed by atoms with E-state index >= 15 is 0 Å². The Morgan fingerprint density at radius 3 is 2.53 bits per heavy atom. The molecule has 0 N–H and O–H groups in total. The minimum atomic E-state index is -0.343. The van der Waals surface area contributed by atoms with E-state index in [1.807, 2.05) is 0 Å². The Morgan fingerprint density at radius 2 is 1.76 bits per heavy atom. The zero-order chi connectivity index (χ0) is 11.8. The van der Waals surface area contributed by atoms with Crippen LogP contribution in [0.5, 0.6) is 0 Å². The van der Waals surface area contributed by atoms with Gasteiger partial charge in [-0.05, 0) is 19.1 Å². The lowest BCUT2D eigenvalue weighted by Crippen LogP contribution is -2.18. The standard InChI is InChI=1S/C11H7N5O/c1-6-8-10(16-15-6)13-9(14-11(8)17)7-2-4-12-5-3-7/h2-5H,1H3. The SMILES string of the molecule is CC1=C2C(=O)N=C(c3ccncc3)N=C2N=N1. The van der Waals surface area contributed by atoms with Gasteiger partial charge in [0.25, 0.3) is 5.91 Å². The third kappa shape index (κ3) is 1.50. The molecule has 17 heavy (non-hydrogen) atoms. The summed E-state index contributed by atoms with van der Waals surface area (Å²) in [6.07, 6.45) is 3.24. The highest BCUT2D eigenvalue weighted by Crippen LogP contribution is 2.22. The van der Waals surface area contributed by atoms with E-state index in [0.29, 0.717) is 22.9 Å². The van der Waals surface area contributed by atoms with Gasteiger partial charge in [0.2, 0.25) is 0 Å². The predicted molar refractivity (Wildman–Crippen MR) is 60.8 cm³/mol. The fourth-order valence-corrected chi connectivity index (χ4v) is 1.62. The van der Waals surface area contributed by atoms with Crippen LogP contribution in [0.2, 0.25) is 0 Å². The molecule has 6 heteroatoms. The molecule has 1 aromatic heterocycles. The summed E-state index contributed by atoms with van der Waals surface area (Å²) in [6.45, 7) is 1.71. The molecule has 1 amide bonds. The van der Waals surface area contributed by atoms with Crippen molar-refractivity contribution in [2.75, 3.05) is 0 Å². The van der Waals surface area contributed by atoms with Gasteiger partial charge in [0.1, 0.15) is 5.57 Å². The summed E-state index contributed by atoms with van der Waals surface area (Å²) in [4.78, 5) is 23.9. The Kier molecular flexibility index (Phi) is 2.01. The Bertz CT molecular complexity index is 625. The van der Waals surface area contributed by atoms with E-state index in [9.17, 15) is 4.79 Å². The molecule has 3 rings (SSSR count). The van der Waals surface area contributed by atoms with Crippen molar-refractivity contribution >= 4 is 17.6 Å². The molecule has 0 unspecified atom stereocenters. The summed E-state index contributed by atoms with van der Waals surface area (Å²) in [5, 5.41) is 7.68. The lowest BCUT2D eigenvalue weighted by Gasteiger charge is -2.07. The van der Waals surface area contributed by atoms with Crippen LogP contribution >= 0.6 is 0 Å². The summed E-state index contributed by atoms with van der Waals surface area (Å²) >= 11 is 0. The van der Waals surface area contributed by atoms with Crippen LogP contribution in [0.15, 0.2) is 56.0 Å². The van der Waals surface area contributed by atoms with E-state index in [2.05, 4.69) is 25.2 Å². The number of hydrogen-bond acceptors (Lipinski definition) is 5.